The van der Waals surface area contributed by atoms with Gasteiger partial charge in [-0.3, -0.25) is 14.9 Å². The lowest BCUT2D eigenvalue weighted by molar-refractivity contribution is -0.384. The van der Waals surface area contributed by atoms with E-state index in [0.717, 1.165) is 25.7 Å². The lowest BCUT2D eigenvalue weighted by atomic mass is 9.94. The van der Waals surface area contributed by atoms with E-state index in [1.807, 2.05) is 0 Å². The molecule has 1 fully saturated rings. The van der Waals surface area contributed by atoms with Gasteiger partial charge in [0.05, 0.1) is 16.2 Å². The standard InChI is InChI=1S/C21H22N4O3/c22-14-16-7-4-5-12-19(16)24-20(15-8-6-11-18(13-15)25(27)28)21(26)23-17-9-2-1-3-10-17/h4-8,11-13,17,20,24H,1-3,9-10H2,(H,23,26). The summed E-state index contributed by atoms with van der Waals surface area (Å²) >= 11 is 0. The number of hydrogen-bond donors (Lipinski definition) is 2. The van der Waals surface area contributed by atoms with Gasteiger partial charge < -0.3 is 10.6 Å². The van der Waals surface area contributed by atoms with Gasteiger partial charge in [0.15, 0.2) is 0 Å². The van der Waals surface area contributed by atoms with Crippen molar-refractivity contribution >= 4 is 17.3 Å². The van der Waals surface area contributed by atoms with Crippen LogP contribution < -0.4 is 10.6 Å². The van der Waals surface area contributed by atoms with Crippen molar-refractivity contribution in [3.63, 3.8) is 0 Å². The zero-order chi connectivity index (χ0) is 19.9. The fourth-order valence-electron chi connectivity index (χ4n) is 3.51. The minimum atomic E-state index is -0.837. The molecule has 0 radical (unpaired) electrons. The highest BCUT2D eigenvalue weighted by Crippen LogP contribution is 2.26. The Kier molecular flexibility index (Phi) is 6.22. The molecule has 1 saturated carbocycles. The van der Waals surface area contributed by atoms with Gasteiger partial charge >= 0.3 is 0 Å². The third-order valence-electron chi connectivity index (χ3n) is 4.98. The van der Waals surface area contributed by atoms with E-state index in [-0.39, 0.29) is 17.6 Å². The largest absolute Gasteiger partial charge is 0.369 e. The zero-order valence-electron chi connectivity index (χ0n) is 15.4. The predicted molar refractivity (Wildman–Crippen MR) is 106 cm³/mol. The maximum atomic E-state index is 13.1. The van der Waals surface area contributed by atoms with Crippen LogP contribution in [0.1, 0.15) is 49.3 Å². The SMILES string of the molecule is N#Cc1ccccc1NC(C(=O)NC1CCCCC1)c1cccc([N+](=O)[O-])c1. The third-order valence-corrected chi connectivity index (χ3v) is 4.98. The predicted octanol–water partition coefficient (Wildman–Crippen LogP) is 4.07. The number of rotatable bonds is 6. The first-order chi connectivity index (χ1) is 13.6. The van der Waals surface area contributed by atoms with Gasteiger partial charge in [0.1, 0.15) is 12.1 Å². The molecule has 3 rings (SSSR count). The van der Waals surface area contributed by atoms with E-state index in [9.17, 15) is 20.2 Å². The fraction of sp³-hybridized carbons (Fsp3) is 0.333. The van der Waals surface area contributed by atoms with Gasteiger partial charge in [-0.1, -0.05) is 43.5 Å². The molecule has 28 heavy (non-hydrogen) atoms. The van der Waals surface area contributed by atoms with Crippen molar-refractivity contribution in [3.8, 4) is 6.07 Å². The molecule has 1 amide bonds. The Morgan fingerprint density at radius 2 is 1.89 bits per heavy atom. The topological polar surface area (TPSA) is 108 Å². The summed E-state index contributed by atoms with van der Waals surface area (Å²) in [5.74, 6) is -0.250. The summed E-state index contributed by atoms with van der Waals surface area (Å²) in [4.78, 5) is 23.8. The molecule has 0 spiro atoms. The Morgan fingerprint density at radius 1 is 1.14 bits per heavy atom. The molecule has 7 nitrogen and oxygen atoms in total. The van der Waals surface area contributed by atoms with Gasteiger partial charge in [-0.05, 0) is 30.5 Å². The summed E-state index contributed by atoms with van der Waals surface area (Å²) < 4.78 is 0. The third kappa shape index (κ3) is 4.65. The van der Waals surface area contributed by atoms with Gasteiger partial charge in [-0.15, -0.1) is 0 Å². The number of carbonyl (C=O) groups is 1. The van der Waals surface area contributed by atoms with E-state index in [2.05, 4.69) is 16.7 Å². The number of nitro benzene ring substituents is 1. The number of para-hydroxylation sites is 1. The van der Waals surface area contributed by atoms with Crippen LogP contribution >= 0.6 is 0 Å². The molecule has 0 bridgehead atoms. The molecule has 0 saturated heterocycles. The van der Waals surface area contributed by atoms with E-state index >= 15 is 0 Å². The van der Waals surface area contributed by atoms with Gasteiger partial charge in [0, 0.05) is 18.2 Å². The van der Waals surface area contributed by atoms with Crippen LogP contribution in [0.25, 0.3) is 0 Å². The van der Waals surface area contributed by atoms with Gasteiger partial charge in [-0.25, -0.2) is 0 Å². The number of amides is 1. The fourth-order valence-corrected chi connectivity index (χ4v) is 3.51. The molecule has 2 aromatic carbocycles. The normalized spacial score (nSPS) is 15.2. The summed E-state index contributed by atoms with van der Waals surface area (Å²) in [6.07, 6.45) is 5.20. The van der Waals surface area contributed by atoms with Crippen LogP contribution in [0.3, 0.4) is 0 Å². The maximum Gasteiger partial charge on any atom is 0.269 e. The average Bonchev–Trinajstić information content (AvgIpc) is 2.73. The molecule has 2 aromatic rings. The number of nitriles is 1. The Hall–Kier alpha value is -3.40. The minimum Gasteiger partial charge on any atom is -0.369 e. The Morgan fingerprint density at radius 3 is 2.61 bits per heavy atom. The molecule has 7 heteroatoms. The molecule has 0 heterocycles. The van der Waals surface area contributed by atoms with E-state index in [4.69, 9.17) is 0 Å². The van der Waals surface area contributed by atoms with Gasteiger partial charge in [0.2, 0.25) is 5.91 Å². The first-order valence-corrected chi connectivity index (χ1v) is 9.39. The van der Waals surface area contributed by atoms with Crippen molar-refractivity contribution in [3.05, 3.63) is 69.8 Å². The van der Waals surface area contributed by atoms with Crippen LogP contribution in [0.15, 0.2) is 48.5 Å². The second-order valence-electron chi connectivity index (χ2n) is 6.93. The number of hydrogen-bond acceptors (Lipinski definition) is 5. The minimum absolute atomic E-state index is 0.0802. The molecule has 1 atom stereocenters. The molecule has 2 N–H and O–H groups in total. The van der Waals surface area contributed by atoms with E-state index in [1.54, 1.807) is 36.4 Å². The monoisotopic (exact) mass is 378 g/mol. The number of nitro groups is 1. The maximum absolute atomic E-state index is 13.1. The molecule has 1 aliphatic carbocycles. The number of nitrogens with one attached hydrogen (secondary N) is 2. The molecular weight excluding hydrogens is 356 g/mol. The van der Waals surface area contributed by atoms with Crippen LogP contribution in [0.2, 0.25) is 0 Å². The van der Waals surface area contributed by atoms with Crippen molar-refractivity contribution in [2.45, 2.75) is 44.2 Å². The van der Waals surface area contributed by atoms with Gasteiger partial charge in [-0.2, -0.15) is 5.26 Å². The summed E-state index contributed by atoms with van der Waals surface area (Å²) in [5.41, 5.74) is 1.32. The number of benzene rings is 2. The molecule has 1 unspecified atom stereocenters. The lowest BCUT2D eigenvalue weighted by Gasteiger charge is -2.27. The number of nitrogens with zero attached hydrogens (tertiary/aromatic N) is 2. The highest BCUT2D eigenvalue weighted by molar-refractivity contribution is 5.87. The van der Waals surface area contributed by atoms with E-state index in [0.29, 0.717) is 16.8 Å². The first kappa shape index (κ1) is 19.4. The highest BCUT2D eigenvalue weighted by Gasteiger charge is 2.26. The van der Waals surface area contributed by atoms with E-state index < -0.39 is 11.0 Å². The number of non-ortho nitro benzene ring substituents is 1. The summed E-state index contributed by atoms with van der Waals surface area (Å²) in [5, 5.41) is 26.7. The average molecular weight is 378 g/mol. The quantitative estimate of drug-likeness (QED) is 0.582. The summed E-state index contributed by atoms with van der Waals surface area (Å²) in [7, 11) is 0. The molecule has 144 valence electrons. The van der Waals surface area contributed by atoms with E-state index in [1.165, 1.54) is 18.6 Å². The first-order valence-electron chi connectivity index (χ1n) is 9.39. The highest BCUT2D eigenvalue weighted by atomic mass is 16.6. The van der Waals surface area contributed by atoms with Crippen molar-refractivity contribution in [2.24, 2.45) is 0 Å². The zero-order valence-corrected chi connectivity index (χ0v) is 15.4. The summed E-state index contributed by atoms with van der Waals surface area (Å²) in [6.45, 7) is 0. The van der Waals surface area contributed by atoms with Crippen molar-refractivity contribution in [1.82, 2.24) is 5.32 Å². The molecular formula is C21H22N4O3. The Bertz CT molecular complexity index is 901. The number of carbonyl (C=O) groups excluding carboxylic acids is 1. The lowest BCUT2D eigenvalue weighted by Crippen LogP contribution is -2.41. The number of anilines is 1. The smallest absolute Gasteiger partial charge is 0.269 e. The second kappa shape index (κ2) is 9.00. The Balaban J connectivity index is 1.91. The second-order valence-corrected chi connectivity index (χ2v) is 6.93. The van der Waals surface area contributed by atoms with Gasteiger partial charge in [0.25, 0.3) is 5.69 Å². The Labute approximate surface area is 163 Å². The molecule has 0 aromatic heterocycles. The summed E-state index contributed by atoms with van der Waals surface area (Å²) in [6, 6.07) is 14.3. The molecule has 0 aliphatic heterocycles. The van der Waals surface area contributed by atoms with Crippen LogP contribution in [0, 0.1) is 21.4 Å². The van der Waals surface area contributed by atoms with Crippen LogP contribution in [-0.2, 0) is 4.79 Å². The van der Waals surface area contributed by atoms with Crippen molar-refractivity contribution < 1.29 is 9.72 Å². The molecule has 1 aliphatic rings. The van der Waals surface area contributed by atoms with Crippen LogP contribution in [0.5, 0.6) is 0 Å². The van der Waals surface area contributed by atoms with Crippen LogP contribution in [0.4, 0.5) is 11.4 Å². The van der Waals surface area contributed by atoms with Crippen molar-refractivity contribution in [1.29, 1.82) is 5.26 Å². The van der Waals surface area contributed by atoms with Crippen molar-refractivity contribution in [2.75, 3.05) is 5.32 Å². The van der Waals surface area contributed by atoms with Crippen LogP contribution in [-0.4, -0.2) is 16.9 Å².